The van der Waals surface area contributed by atoms with E-state index < -0.39 is 0 Å². The molecule has 0 radical (unpaired) electrons. The molecule has 7 nitrogen and oxygen atoms in total. The number of ether oxygens (including phenoxy) is 1. The minimum Gasteiger partial charge on any atom is -0.497 e. The van der Waals surface area contributed by atoms with Crippen molar-refractivity contribution in [3.8, 4) is 5.75 Å². The Hall–Kier alpha value is -2.96. The molecule has 7 heteroatoms. The maximum Gasteiger partial charge on any atom is 0.274 e. The van der Waals surface area contributed by atoms with E-state index in [9.17, 15) is 9.59 Å². The van der Waals surface area contributed by atoms with Crippen molar-refractivity contribution in [2.24, 2.45) is 0 Å². The van der Waals surface area contributed by atoms with Gasteiger partial charge in [-0.25, -0.2) is 4.98 Å². The number of aromatic nitrogens is 2. The van der Waals surface area contributed by atoms with Crippen LogP contribution in [-0.2, 0) is 11.2 Å². The first-order chi connectivity index (χ1) is 12.7. The molecule has 1 aromatic carbocycles. The highest BCUT2D eigenvalue weighted by Gasteiger charge is 2.25. The lowest BCUT2D eigenvalue weighted by molar-refractivity contribution is -0.132. The second-order valence-corrected chi connectivity index (χ2v) is 6.12. The fraction of sp³-hybridized carbons (Fsp3) is 0.368. The van der Waals surface area contributed by atoms with E-state index >= 15 is 0 Å². The van der Waals surface area contributed by atoms with Crippen LogP contribution in [0.15, 0.2) is 42.9 Å². The molecule has 1 aromatic heterocycles. The number of carbonyl (C=O) groups is 2. The molecule has 0 saturated carbocycles. The summed E-state index contributed by atoms with van der Waals surface area (Å²) in [4.78, 5) is 36.3. The second-order valence-electron chi connectivity index (χ2n) is 6.12. The number of methoxy groups -OCH3 is 1. The maximum atomic E-state index is 12.4. The van der Waals surface area contributed by atoms with Crippen molar-refractivity contribution in [2.75, 3.05) is 33.3 Å². The van der Waals surface area contributed by atoms with Gasteiger partial charge in [0.1, 0.15) is 11.4 Å². The molecule has 1 aliphatic heterocycles. The number of carbonyl (C=O) groups excluding carboxylic acids is 2. The number of hydrogen-bond acceptors (Lipinski definition) is 5. The van der Waals surface area contributed by atoms with Crippen molar-refractivity contribution in [3.63, 3.8) is 0 Å². The Kier molecular flexibility index (Phi) is 5.78. The first-order valence-corrected chi connectivity index (χ1v) is 8.63. The smallest absolute Gasteiger partial charge is 0.274 e. The Morgan fingerprint density at radius 1 is 1.12 bits per heavy atom. The summed E-state index contributed by atoms with van der Waals surface area (Å²) < 4.78 is 5.21. The molecule has 1 saturated heterocycles. The number of amides is 2. The van der Waals surface area contributed by atoms with Crippen LogP contribution in [0.5, 0.6) is 5.75 Å². The van der Waals surface area contributed by atoms with Crippen LogP contribution in [0.2, 0.25) is 0 Å². The van der Waals surface area contributed by atoms with Crippen molar-refractivity contribution in [1.82, 2.24) is 19.8 Å². The number of piperazine rings is 1. The van der Waals surface area contributed by atoms with Gasteiger partial charge in [0.05, 0.1) is 13.3 Å². The summed E-state index contributed by atoms with van der Waals surface area (Å²) in [5.74, 6) is 0.770. The number of rotatable bonds is 5. The van der Waals surface area contributed by atoms with Gasteiger partial charge in [-0.2, -0.15) is 0 Å². The lowest BCUT2D eigenvalue weighted by Gasteiger charge is -2.34. The first-order valence-electron chi connectivity index (χ1n) is 8.63. The molecule has 1 fully saturated rings. The maximum absolute atomic E-state index is 12.4. The third-order valence-electron chi connectivity index (χ3n) is 4.46. The molecule has 0 aliphatic carbocycles. The molecule has 0 bridgehead atoms. The summed E-state index contributed by atoms with van der Waals surface area (Å²) in [5, 5.41) is 0. The highest BCUT2D eigenvalue weighted by atomic mass is 16.5. The zero-order valence-electron chi connectivity index (χ0n) is 14.8. The molecule has 0 N–H and O–H groups in total. The largest absolute Gasteiger partial charge is 0.497 e. The van der Waals surface area contributed by atoms with Crippen molar-refractivity contribution >= 4 is 11.8 Å². The van der Waals surface area contributed by atoms with Crippen LogP contribution in [-0.4, -0.2) is 64.9 Å². The molecule has 0 atom stereocenters. The van der Waals surface area contributed by atoms with Gasteiger partial charge in [0.15, 0.2) is 0 Å². The molecule has 2 aromatic rings. The van der Waals surface area contributed by atoms with Crippen LogP contribution in [0.4, 0.5) is 0 Å². The first kappa shape index (κ1) is 17.8. The Morgan fingerprint density at radius 2 is 1.88 bits per heavy atom. The molecule has 2 heterocycles. The van der Waals surface area contributed by atoms with E-state index in [2.05, 4.69) is 9.97 Å². The third kappa shape index (κ3) is 4.36. The van der Waals surface area contributed by atoms with E-state index in [4.69, 9.17) is 4.74 Å². The molecular formula is C19H22N4O3. The van der Waals surface area contributed by atoms with Gasteiger partial charge in [0.2, 0.25) is 5.91 Å². The Labute approximate surface area is 152 Å². The van der Waals surface area contributed by atoms with Crippen molar-refractivity contribution < 1.29 is 14.3 Å². The minimum atomic E-state index is -0.137. The van der Waals surface area contributed by atoms with Gasteiger partial charge in [0.25, 0.3) is 5.91 Å². The third-order valence-corrected chi connectivity index (χ3v) is 4.46. The molecule has 2 amide bonds. The molecule has 26 heavy (non-hydrogen) atoms. The van der Waals surface area contributed by atoms with Gasteiger partial charge >= 0.3 is 0 Å². The lowest BCUT2D eigenvalue weighted by atomic mass is 10.1. The molecular weight excluding hydrogens is 332 g/mol. The summed E-state index contributed by atoms with van der Waals surface area (Å²) in [6.07, 6.45) is 5.63. The Bertz CT molecular complexity index is 758. The van der Waals surface area contributed by atoms with E-state index in [1.807, 2.05) is 29.2 Å². The predicted molar refractivity (Wildman–Crippen MR) is 95.8 cm³/mol. The molecule has 136 valence electrons. The fourth-order valence-electron chi connectivity index (χ4n) is 2.97. The summed E-state index contributed by atoms with van der Waals surface area (Å²) in [7, 11) is 1.63. The minimum absolute atomic E-state index is 0.111. The van der Waals surface area contributed by atoms with Crippen molar-refractivity contribution in [1.29, 1.82) is 0 Å². The van der Waals surface area contributed by atoms with E-state index in [1.54, 1.807) is 12.0 Å². The number of benzene rings is 1. The quantitative estimate of drug-likeness (QED) is 0.811. The van der Waals surface area contributed by atoms with Gasteiger partial charge in [-0.05, 0) is 24.1 Å². The SMILES string of the molecule is COc1cccc(CCC(=O)N2CCN(C(=O)c3cnccn3)CC2)c1. The lowest BCUT2D eigenvalue weighted by Crippen LogP contribution is -2.50. The zero-order valence-corrected chi connectivity index (χ0v) is 14.8. The van der Waals surface area contributed by atoms with Gasteiger partial charge in [0, 0.05) is 45.0 Å². The van der Waals surface area contributed by atoms with E-state index in [1.165, 1.54) is 18.6 Å². The van der Waals surface area contributed by atoms with E-state index in [0.717, 1.165) is 11.3 Å². The number of nitrogens with zero attached hydrogens (tertiary/aromatic N) is 4. The predicted octanol–water partition coefficient (Wildman–Crippen LogP) is 1.40. The van der Waals surface area contributed by atoms with Crippen molar-refractivity contribution in [2.45, 2.75) is 12.8 Å². The summed E-state index contributed by atoms with van der Waals surface area (Å²) in [5.41, 5.74) is 1.42. The number of aryl methyl sites for hydroxylation is 1. The van der Waals surface area contributed by atoms with E-state index in [-0.39, 0.29) is 11.8 Å². The van der Waals surface area contributed by atoms with Crippen molar-refractivity contribution in [3.05, 3.63) is 54.1 Å². The van der Waals surface area contributed by atoms with Crippen LogP contribution in [0.25, 0.3) is 0 Å². The van der Waals surface area contributed by atoms with Crippen LogP contribution >= 0.6 is 0 Å². The van der Waals surface area contributed by atoms with Crippen LogP contribution < -0.4 is 4.74 Å². The standard InChI is InChI=1S/C19H22N4O3/c1-26-16-4-2-3-15(13-16)5-6-18(24)22-9-11-23(12-10-22)19(25)17-14-20-7-8-21-17/h2-4,7-8,13-14H,5-6,9-12H2,1H3. The zero-order chi connectivity index (χ0) is 18.4. The molecule has 1 aliphatic rings. The van der Waals surface area contributed by atoms with Gasteiger partial charge in [-0.1, -0.05) is 12.1 Å². The van der Waals surface area contributed by atoms with E-state index in [0.29, 0.717) is 44.7 Å². The summed E-state index contributed by atoms with van der Waals surface area (Å²) >= 11 is 0. The van der Waals surface area contributed by atoms with Gasteiger partial charge in [-0.15, -0.1) is 0 Å². The van der Waals surface area contributed by atoms with Crippen LogP contribution in [0.1, 0.15) is 22.5 Å². The molecule has 0 unspecified atom stereocenters. The summed E-state index contributed by atoms with van der Waals surface area (Å²) in [6, 6.07) is 7.76. The average Bonchev–Trinajstić information content (AvgIpc) is 2.72. The van der Waals surface area contributed by atoms with Gasteiger partial charge in [-0.3, -0.25) is 14.6 Å². The molecule has 0 spiro atoms. The Balaban J connectivity index is 1.48. The Morgan fingerprint density at radius 3 is 2.58 bits per heavy atom. The average molecular weight is 354 g/mol. The monoisotopic (exact) mass is 354 g/mol. The topological polar surface area (TPSA) is 75.6 Å². The van der Waals surface area contributed by atoms with Crippen LogP contribution in [0, 0.1) is 0 Å². The highest BCUT2D eigenvalue weighted by molar-refractivity contribution is 5.92. The highest BCUT2D eigenvalue weighted by Crippen LogP contribution is 2.15. The summed E-state index contributed by atoms with van der Waals surface area (Å²) in [6.45, 7) is 2.12. The fourth-order valence-corrected chi connectivity index (χ4v) is 2.97. The van der Waals surface area contributed by atoms with Gasteiger partial charge < -0.3 is 14.5 Å². The molecule has 3 rings (SSSR count). The number of hydrogen-bond donors (Lipinski definition) is 0. The normalized spacial score (nSPS) is 14.2. The second kappa shape index (κ2) is 8.42. The van der Waals surface area contributed by atoms with Crippen LogP contribution in [0.3, 0.4) is 0 Å².